The van der Waals surface area contributed by atoms with Gasteiger partial charge in [-0.15, -0.1) is 0 Å². The first-order chi connectivity index (χ1) is 9.19. The van der Waals surface area contributed by atoms with Gasteiger partial charge in [0, 0.05) is 6.54 Å². The lowest BCUT2D eigenvalue weighted by atomic mass is 10.2. The van der Waals surface area contributed by atoms with Gasteiger partial charge in [-0.25, -0.2) is 9.78 Å². The van der Waals surface area contributed by atoms with E-state index in [1.54, 1.807) is 12.3 Å². The lowest BCUT2D eigenvalue weighted by Crippen LogP contribution is -2.23. The number of pyridine rings is 1. The van der Waals surface area contributed by atoms with Crippen molar-refractivity contribution in [1.82, 2.24) is 9.88 Å². The van der Waals surface area contributed by atoms with Crippen LogP contribution in [0.5, 0.6) is 0 Å². The summed E-state index contributed by atoms with van der Waals surface area (Å²) < 4.78 is 5.31. The van der Waals surface area contributed by atoms with Crippen molar-refractivity contribution in [3.63, 3.8) is 0 Å². The molecule has 0 aromatic carbocycles. The van der Waals surface area contributed by atoms with E-state index in [-0.39, 0.29) is 5.69 Å². The van der Waals surface area contributed by atoms with Crippen LogP contribution in [0.4, 0.5) is 0 Å². The molecular formula is C14H16N2O3. The van der Waals surface area contributed by atoms with Crippen LogP contribution in [0.3, 0.4) is 0 Å². The first-order valence-electron chi connectivity index (χ1n) is 6.13. The van der Waals surface area contributed by atoms with E-state index < -0.39 is 5.97 Å². The molecule has 0 saturated carbocycles. The summed E-state index contributed by atoms with van der Waals surface area (Å²) >= 11 is 0. The fourth-order valence-corrected chi connectivity index (χ4v) is 1.82. The molecule has 0 amide bonds. The summed E-state index contributed by atoms with van der Waals surface area (Å²) in [4.78, 5) is 17.1. The van der Waals surface area contributed by atoms with E-state index >= 15 is 0 Å². The van der Waals surface area contributed by atoms with Gasteiger partial charge in [-0.1, -0.05) is 13.0 Å². The van der Waals surface area contributed by atoms with Crippen LogP contribution in [0.2, 0.25) is 0 Å². The van der Waals surface area contributed by atoms with Gasteiger partial charge in [-0.2, -0.15) is 0 Å². The number of hydrogen-bond acceptors (Lipinski definition) is 4. The predicted octanol–water partition coefficient (Wildman–Crippen LogP) is 2.39. The van der Waals surface area contributed by atoms with Gasteiger partial charge in [-0.3, -0.25) is 4.90 Å². The maximum absolute atomic E-state index is 10.9. The monoisotopic (exact) mass is 260 g/mol. The van der Waals surface area contributed by atoms with Crippen LogP contribution in [0.25, 0.3) is 0 Å². The Kier molecular flexibility index (Phi) is 4.30. The van der Waals surface area contributed by atoms with E-state index in [9.17, 15) is 4.79 Å². The summed E-state index contributed by atoms with van der Waals surface area (Å²) in [6, 6.07) is 8.81. The quantitative estimate of drug-likeness (QED) is 0.863. The van der Waals surface area contributed by atoms with Crippen molar-refractivity contribution in [1.29, 1.82) is 0 Å². The molecule has 0 unspecified atom stereocenters. The molecule has 2 heterocycles. The molecule has 1 N–H and O–H groups in total. The highest BCUT2D eigenvalue weighted by Crippen LogP contribution is 2.09. The third kappa shape index (κ3) is 3.66. The molecule has 100 valence electrons. The Balaban J connectivity index is 2.05. The first kappa shape index (κ1) is 13.3. The fraction of sp³-hybridized carbons (Fsp3) is 0.286. The normalized spacial score (nSPS) is 10.8. The van der Waals surface area contributed by atoms with Gasteiger partial charge in [0.15, 0.2) is 0 Å². The first-order valence-corrected chi connectivity index (χ1v) is 6.13. The molecule has 0 atom stereocenters. The molecule has 0 bridgehead atoms. The molecule has 0 aliphatic carbocycles. The number of carbonyl (C=O) groups is 1. The Morgan fingerprint density at radius 2 is 2.16 bits per heavy atom. The summed E-state index contributed by atoms with van der Waals surface area (Å²) in [7, 11) is 0. The van der Waals surface area contributed by atoms with E-state index in [1.165, 1.54) is 6.07 Å². The molecule has 5 nitrogen and oxygen atoms in total. The van der Waals surface area contributed by atoms with Crippen molar-refractivity contribution in [2.45, 2.75) is 20.0 Å². The maximum atomic E-state index is 10.9. The number of nitrogens with zero attached hydrogens (tertiary/aromatic N) is 2. The molecule has 0 spiro atoms. The smallest absolute Gasteiger partial charge is 0.354 e. The van der Waals surface area contributed by atoms with Crippen LogP contribution in [-0.4, -0.2) is 27.5 Å². The summed E-state index contributed by atoms with van der Waals surface area (Å²) in [5.74, 6) is -0.118. The molecule has 2 aromatic heterocycles. The number of hydrogen-bond donors (Lipinski definition) is 1. The Morgan fingerprint density at radius 1 is 1.32 bits per heavy atom. The van der Waals surface area contributed by atoms with Crippen molar-refractivity contribution < 1.29 is 14.3 Å². The topological polar surface area (TPSA) is 66.6 Å². The Morgan fingerprint density at radius 3 is 2.79 bits per heavy atom. The third-order valence-electron chi connectivity index (χ3n) is 2.82. The molecule has 0 saturated heterocycles. The van der Waals surface area contributed by atoms with E-state index in [0.717, 1.165) is 18.0 Å². The summed E-state index contributed by atoms with van der Waals surface area (Å²) in [5, 5.41) is 8.92. The highest BCUT2D eigenvalue weighted by molar-refractivity contribution is 5.85. The number of rotatable bonds is 6. The van der Waals surface area contributed by atoms with E-state index in [0.29, 0.717) is 13.1 Å². The number of carboxylic acids is 1. The van der Waals surface area contributed by atoms with Crippen molar-refractivity contribution in [3.8, 4) is 0 Å². The predicted molar refractivity (Wildman–Crippen MR) is 69.7 cm³/mol. The Labute approximate surface area is 111 Å². The minimum Gasteiger partial charge on any atom is -0.477 e. The molecule has 0 aliphatic rings. The average Bonchev–Trinajstić information content (AvgIpc) is 2.91. The fourth-order valence-electron chi connectivity index (χ4n) is 1.82. The number of aromatic nitrogens is 1. The lowest BCUT2D eigenvalue weighted by molar-refractivity contribution is 0.0690. The molecule has 19 heavy (non-hydrogen) atoms. The highest BCUT2D eigenvalue weighted by Gasteiger charge is 2.10. The minimum atomic E-state index is -1.00. The molecule has 0 aliphatic heterocycles. The molecular weight excluding hydrogens is 244 g/mol. The van der Waals surface area contributed by atoms with Crippen LogP contribution < -0.4 is 0 Å². The van der Waals surface area contributed by atoms with E-state index in [2.05, 4.69) is 9.88 Å². The van der Waals surface area contributed by atoms with Gasteiger partial charge in [0.05, 0.1) is 18.5 Å². The van der Waals surface area contributed by atoms with Crippen molar-refractivity contribution >= 4 is 5.97 Å². The van der Waals surface area contributed by atoms with Crippen molar-refractivity contribution in [2.24, 2.45) is 0 Å². The van der Waals surface area contributed by atoms with Crippen LogP contribution in [-0.2, 0) is 13.1 Å². The molecule has 0 radical (unpaired) electrons. The maximum Gasteiger partial charge on any atom is 0.354 e. The van der Waals surface area contributed by atoms with Crippen LogP contribution in [0.15, 0.2) is 41.0 Å². The lowest BCUT2D eigenvalue weighted by Gasteiger charge is -2.18. The molecule has 0 fully saturated rings. The minimum absolute atomic E-state index is 0.0755. The third-order valence-corrected chi connectivity index (χ3v) is 2.82. The summed E-state index contributed by atoms with van der Waals surface area (Å²) in [6.07, 6.45) is 1.65. The van der Waals surface area contributed by atoms with Gasteiger partial charge in [0.1, 0.15) is 11.5 Å². The second-order valence-electron chi connectivity index (χ2n) is 4.20. The Bertz CT molecular complexity index is 537. The molecule has 5 heteroatoms. The van der Waals surface area contributed by atoms with Gasteiger partial charge in [0.25, 0.3) is 0 Å². The number of aromatic carboxylic acids is 1. The average molecular weight is 260 g/mol. The number of carboxylic acid groups (broad SMARTS) is 1. The zero-order valence-electron chi connectivity index (χ0n) is 10.7. The number of furan rings is 1. The largest absolute Gasteiger partial charge is 0.477 e. The Hall–Kier alpha value is -2.14. The van der Waals surface area contributed by atoms with Crippen LogP contribution in [0.1, 0.15) is 28.9 Å². The van der Waals surface area contributed by atoms with Crippen LogP contribution in [0, 0.1) is 0 Å². The summed E-state index contributed by atoms with van der Waals surface area (Å²) in [6.45, 7) is 4.16. The second kappa shape index (κ2) is 6.15. The SMILES string of the molecule is CCN(Cc1cccc(C(=O)O)n1)Cc1ccco1. The van der Waals surface area contributed by atoms with E-state index in [4.69, 9.17) is 9.52 Å². The van der Waals surface area contributed by atoms with Crippen LogP contribution >= 0.6 is 0 Å². The van der Waals surface area contributed by atoms with Crippen molar-refractivity contribution in [2.75, 3.05) is 6.54 Å². The van der Waals surface area contributed by atoms with E-state index in [1.807, 2.05) is 25.1 Å². The molecule has 2 rings (SSSR count). The van der Waals surface area contributed by atoms with Gasteiger partial charge >= 0.3 is 5.97 Å². The second-order valence-corrected chi connectivity index (χ2v) is 4.20. The molecule has 2 aromatic rings. The zero-order chi connectivity index (χ0) is 13.7. The van der Waals surface area contributed by atoms with Gasteiger partial charge in [-0.05, 0) is 30.8 Å². The van der Waals surface area contributed by atoms with Crippen molar-refractivity contribution in [3.05, 3.63) is 53.7 Å². The zero-order valence-corrected chi connectivity index (χ0v) is 10.7. The van der Waals surface area contributed by atoms with Gasteiger partial charge in [0.2, 0.25) is 0 Å². The standard InChI is InChI=1S/C14H16N2O3/c1-2-16(10-12-6-4-8-19-12)9-11-5-3-7-13(15-11)14(17)18/h3-8H,2,9-10H2,1H3,(H,17,18). The van der Waals surface area contributed by atoms with Gasteiger partial charge < -0.3 is 9.52 Å². The summed E-state index contributed by atoms with van der Waals surface area (Å²) in [5.41, 5.74) is 0.819. The highest BCUT2D eigenvalue weighted by atomic mass is 16.4.